The van der Waals surface area contributed by atoms with E-state index in [2.05, 4.69) is 43.8 Å². The van der Waals surface area contributed by atoms with Crippen molar-refractivity contribution in [3.05, 3.63) is 53.6 Å². The van der Waals surface area contributed by atoms with Crippen LogP contribution in [0.1, 0.15) is 42.6 Å². The van der Waals surface area contributed by atoms with Crippen LogP contribution in [-0.4, -0.2) is 62.6 Å². The Hall–Kier alpha value is -2.73. The molecule has 0 atom stereocenters. The van der Waals surface area contributed by atoms with E-state index in [1.165, 1.54) is 0 Å². The third-order valence-corrected chi connectivity index (χ3v) is 6.29. The van der Waals surface area contributed by atoms with E-state index in [0.717, 1.165) is 48.6 Å². The number of hydrogen-bond acceptors (Lipinski definition) is 5. The molecule has 0 unspecified atom stereocenters. The van der Waals surface area contributed by atoms with Gasteiger partial charge in [0.15, 0.2) is 0 Å². The van der Waals surface area contributed by atoms with E-state index in [1.807, 2.05) is 41.3 Å². The molecule has 2 N–H and O–H groups in total. The summed E-state index contributed by atoms with van der Waals surface area (Å²) in [6.45, 7) is 7.69. The Kier molecular flexibility index (Phi) is 8.02. The summed E-state index contributed by atoms with van der Waals surface area (Å²) in [5, 5.41) is 0. The monoisotopic (exact) mass is 438 g/mol. The highest BCUT2D eigenvalue weighted by molar-refractivity contribution is 5.94. The first-order chi connectivity index (χ1) is 15.3. The lowest BCUT2D eigenvalue weighted by Crippen LogP contribution is -2.42. The van der Waals surface area contributed by atoms with Gasteiger partial charge in [-0.3, -0.25) is 4.79 Å². The molecule has 0 saturated carbocycles. The fourth-order valence-electron chi connectivity index (χ4n) is 4.44. The van der Waals surface area contributed by atoms with Gasteiger partial charge in [-0.25, -0.2) is 0 Å². The normalized spacial score (nSPS) is 15.1. The van der Waals surface area contributed by atoms with Gasteiger partial charge in [0.2, 0.25) is 0 Å². The Morgan fingerprint density at radius 2 is 1.81 bits per heavy atom. The summed E-state index contributed by atoms with van der Waals surface area (Å²) in [6.07, 6.45) is 2.27. The van der Waals surface area contributed by atoms with Gasteiger partial charge >= 0.3 is 0 Å². The Morgan fingerprint density at radius 1 is 1.16 bits per heavy atom. The first-order valence-corrected chi connectivity index (χ1v) is 11.5. The van der Waals surface area contributed by atoms with Crippen LogP contribution in [0.25, 0.3) is 0 Å². The van der Waals surface area contributed by atoms with Gasteiger partial charge in [-0.05, 0) is 86.9 Å². The number of piperidine rings is 1. The van der Waals surface area contributed by atoms with Gasteiger partial charge in [-0.1, -0.05) is 13.8 Å². The molecule has 1 saturated heterocycles. The van der Waals surface area contributed by atoms with Gasteiger partial charge in [-0.15, -0.1) is 0 Å². The number of likely N-dealkylation sites (tertiary alicyclic amines) is 1. The van der Waals surface area contributed by atoms with Crippen molar-refractivity contribution in [3.8, 4) is 5.75 Å². The highest BCUT2D eigenvalue weighted by Gasteiger charge is 2.24. The van der Waals surface area contributed by atoms with Crippen molar-refractivity contribution in [2.45, 2.75) is 39.3 Å². The highest BCUT2D eigenvalue weighted by atomic mass is 16.5. The predicted octanol–water partition coefficient (Wildman–Crippen LogP) is 4.11. The highest BCUT2D eigenvalue weighted by Crippen LogP contribution is 2.29. The molecule has 174 valence electrons. The Bertz CT molecular complexity index is 889. The van der Waals surface area contributed by atoms with Crippen molar-refractivity contribution >= 4 is 17.3 Å². The number of nitrogen functional groups attached to an aromatic ring is 1. The number of methoxy groups -OCH3 is 1. The Morgan fingerprint density at radius 3 is 2.41 bits per heavy atom. The van der Waals surface area contributed by atoms with Crippen LogP contribution in [0.15, 0.2) is 42.5 Å². The molecule has 6 nitrogen and oxygen atoms in total. The van der Waals surface area contributed by atoms with E-state index in [4.69, 9.17) is 10.5 Å². The maximum atomic E-state index is 13.4. The molecule has 1 fully saturated rings. The average molecular weight is 439 g/mol. The lowest BCUT2D eigenvalue weighted by molar-refractivity contribution is 0.0723. The van der Waals surface area contributed by atoms with Gasteiger partial charge < -0.3 is 25.2 Å². The SMILES string of the molecule is COc1ccc(C(=O)N(Cc2cc(N)ccc2N(C)C2CCN(C)CC2)CC(C)C)cc1. The second kappa shape index (κ2) is 10.7. The minimum Gasteiger partial charge on any atom is -0.497 e. The summed E-state index contributed by atoms with van der Waals surface area (Å²) in [5.41, 5.74) is 9.82. The molecule has 6 heteroatoms. The quantitative estimate of drug-likeness (QED) is 0.629. The molecule has 1 aliphatic rings. The molecule has 2 aromatic rings. The van der Waals surface area contributed by atoms with Gasteiger partial charge in [0, 0.05) is 43.1 Å². The van der Waals surface area contributed by atoms with Crippen LogP contribution in [0.5, 0.6) is 5.75 Å². The summed E-state index contributed by atoms with van der Waals surface area (Å²) < 4.78 is 5.24. The fourth-order valence-corrected chi connectivity index (χ4v) is 4.44. The third kappa shape index (κ3) is 5.94. The zero-order valence-electron chi connectivity index (χ0n) is 20.2. The van der Waals surface area contributed by atoms with Crippen LogP contribution in [0.4, 0.5) is 11.4 Å². The summed E-state index contributed by atoms with van der Waals surface area (Å²) in [4.78, 5) is 20.1. The lowest BCUT2D eigenvalue weighted by Gasteiger charge is -2.38. The average Bonchev–Trinajstić information content (AvgIpc) is 2.78. The molecular weight excluding hydrogens is 400 g/mol. The van der Waals surface area contributed by atoms with Crippen LogP contribution in [0.2, 0.25) is 0 Å². The van der Waals surface area contributed by atoms with Gasteiger partial charge in [0.25, 0.3) is 5.91 Å². The number of benzene rings is 2. The molecular formula is C26H38N4O2. The minimum atomic E-state index is 0.0247. The summed E-state index contributed by atoms with van der Waals surface area (Å²) in [7, 11) is 5.98. The number of hydrogen-bond donors (Lipinski definition) is 1. The topological polar surface area (TPSA) is 62.0 Å². The molecule has 1 amide bonds. The molecule has 0 aliphatic carbocycles. The molecule has 3 rings (SSSR count). The van der Waals surface area contributed by atoms with Crippen LogP contribution in [-0.2, 0) is 6.54 Å². The number of nitrogens with two attached hydrogens (primary N) is 1. The molecule has 0 radical (unpaired) electrons. The van der Waals surface area contributed by atoms with Crippen molar-refractivity contribution < 1.29 is 9.53 Å². The van der Waals surface area contributed by atoms with Gasteiger partial charge in [0.05, 0.1) is 7.11 Å². The zero-order chi connectivity index (χ0) is 23.3. The largest absolute Gasteiger partial charge is 0.497 e. The smallest absolute Gasteiger partial charge is 0.254 e. The van der Waals surface area contributed by atoms with Crippen LogP contribution >= 0.6 is 0 Å². The summed E-state index contributed by atoms with van der Waals surface area (Å²) in [5.74, 6) is 1.12. The van der Waals surface area contributed by atoms with Gasteiger partial charge in [-0.2, -0.15) is 0 Å². The second-order valence-corrected chi connectivity index (χ2v) is 9.34. The Labute approximate surface area is 192 Å². The number of nitrogens with zero attached hydrogens (tertiary/aromatic N) is 3. The Balaban J connectivity index is 1.86. The fraction of sp³-hybridized carbons (Fsp3) is 0.500. The van der Waals surface area contributed by atoms with E-state index in [1.54, 1.807) is 7.11 Å². The van der Waals surface area contributed by atoms with Crippen molar-refractivity contribution in [2.75, 3.05) is 51.5 Å². The van der Waals surface area contributed by atoms with Crippen molar-refractivity contribution in [1.82, 2.24) is 9.80 Å². The first kappa shape index (κ1) is 23.9. The molecule has 32 heavy (non-hydrogen) atoms. The molecule has 1 heterocycles. The number of ether oxygens (including phenoxy) is 1. The van der Waals surface area contributed by atoms with E-state index < -0.39 is 0 Å². The number of carbonyl (C=O) groups excluding carboxylic acids is 1. The molecule has 1 aliphatic heterocycles. The maximum Gasteiger partial charge on any atom is 0.254 e. The molecule has 0 bridgehead atoms. The van der Waals surface area contributed by atoms with Crippen LogP contribution in [0.3, 0.4) is 0 Å². The molecule has 0 aromatic heterocycles. The van der Waals surface area contributed by atoms with Crippen molar-refractivity contribution in [1.29, 1.82) is 0 Å². The van der Waals surface area contributed by atoms with Gasteiger partial charge in [0.1, 0.15) is 5.75 Å². The van der Waals surface area contributed by atoms with E-state index >= 15 is 0 Å². The molecule has 2 aromatic carbocycles. The summed E-state index contributed by atoms with van der Waals surface area (Å²) >= 11 is 0. The van der Waals surface area contributed by atoms with Crippen molar-refractivity contribution in [2.24, 2.45) is 5.92 Å². The summed E-state index contributed by atoms with van der Waals surface area (Å²) in [6, 6.07) is 13.9. The van der Waals surface area contributed by atoms with E-state index in [0.29, 0.717) is 30.6 Å². The van der Waals surface area contributed by atoms with E-state index in [9.17, 15) is 4.79 Å². The number of anilines is 2. The maximum absolute atomic E-state index is 13.4. The van der Waals surface area contributed by atoms with Crippen LogP contribution < -0.4 is 15.4 Å². The molecule has 0 spiro atoms. The number of rotatable bonds is 8. The lowest BCUT2D eigenvalue weighted by atomic mass is 10.0. The standard InChI is InChI=1S/C26H38N4O2/c1-19(2)17-30(26(31)20-6-9-24(32-5)10-7-20)18-21-16-22(27)8-11-25(21)29(4)23-12-14-28(3)15-13-23/h6-11,16,19,23H,12-15,17-18,27H2,1-5H3. The van der Waals surface area contributed by atoms with Crippen LogP contribution in [0, 0.1) is 5.92 Å². The first-order valence-electron chi connectivity index (χ1n) is 11.5. The van der Waals surface area contributed by atoms with Crippen molar-refractivity contribution in [3.63, 3.8) is 0 Å². The second-order valence-electron chi connectivity index (χ2n) is 9.34. The number of carbonyl (C=O) groups is 1. The predicted molar refractivity (Wildman–Crippen MR) is 132 cm³/mol. The zero-order valence-corrected chi connectivity index (χ0v) is 20.2. The third-order valence-electron chi connectivity index (χ3n) is 6.29. The minimum absolute atomic E-state index is 0.0247. The van der Waals surface area contributed by atoms with E-state index in [-0.39, 0.29) is 5.91 Å². The number of amides is 1.